The summed E-state index contributed by atoms with van der Waals surface area (Å²) < 4.78 is 18.3. The second kappa shape index (κ2) is 12.9. The number of aliphatic carboxylic acids is 1. The largest absolute Gasteiger partial charge is 0.480 e. The van der Waals surface area contributed by atoms with Gasteiger partial charge in [-0.05, 0) is 50.4 Å². The minimum atomic E-state index is -1.07. The average Bonchev–Trinajstić information content (AvgIpc) is 3.16. The zero-order valence-corrected chi connectivity index (χ0v) is 24.8. The summed E-state index contributed by atoms with van der Waals surface area (Å²) in [6, 6.07) is -0.939. The number of carboxylic acid groups (broad SMARTS) is 1. The third-order valence-corrected chi connectivity index (χ3v) is 9.60. The van der Waals surface area contributed by atoms with Gasteiger partial charge in [0.25, 0.3) is 0 Å². The fourth-order valence-electron chi connectivity index (χ4n) is 6.90. The van der Waals surface area contributed by atoms with Crippen molar-refractivity contribution in [3.8, 4) is 0 Å². The Bertz CT molecular complexity index is 993. The predicted octanol–water partition coefficient (Wildman–Crippen LogP) is 3.03. The standard InChI is InChI=1S/C29H46N2O10/c1-6-16(2)24(25(35)36)31-22(33)8-7-15-30-21(32)11-12-23(34)37-26-18(4)20-10-9-17(3)19-13-14-28(5)39-27(38-26)29(19,20)41-40-28/h16-20,24,26-27H,6-15H2,1-5H3,(H,30,32)(H,31,33)(H,35,36)/t16-,17+,18-,19-,20-,24-,26+,27-,28+,29+/m0/s1. The summed E-state index contributed by atoms with van der Waals surface area (Å²) in [5, 5.41) is 14.5. The van der Waals surface area contributed by atoms with Gasteiger partial charge in [0.05, 0.1) is 6.42 Å². The van der Waals surface area contributed by atoms with Crippen LogP contribution < -0.4 is 10.6 Å². The molecule has 5 fully saturated rings. The molecule has 3 N–H and O–H groups in total. The molecule has 0 aromatic carbocycles. The van der Waals surface area contributed by atoms with Crippen molar-refractivity contribution < 1.29 is 48.3 Å². The number of amides is 2. The van der Waals surface area contributed by atoms with E-state index in [-0.39, 0.29) is 61.3 Å². The number of nitrogens with one attached hydrogen (secondary N) is 2. The highest BCUT2D eigenvalue weighted by Gasteiger charge is 2.69. The van der Waals surface area contributed by atoms with Gasteiger partial charge in [0, 0.05) is 37.6 Å². The molecule has 5 aliphatic rings. The molecular weight excluding hydrogens is 536 g/mol. The van der Waals surface area contributed by atoms with Gasteiger partial charge in [0.2, 0.25) is 23.9 Å². The molecule has 232 valence electrons. The first-order valence-electron chi connectivity index (χ1n) is 15.1. The van der Waals surface area contributed by atoms with Crippen LogP contribution in [0.15, 0.2) is 0 Å². The van der Waals surface area contributed by atoms with E-state index in [0.29, 0.717) is 25.2 Å². The number of hydrogen-bond acceptors (Lipinski definition) is 9. The Morgan fingerprint density at radius 3 is 2.49 bits per heavy atom. The lowest BCUT2D eigenvalue weighted by molar-refractivity contribution is -0.576. The summed E-state index contributed by atoms with van der Waals surface area (Å²) >= 11 is 0. The van der Waals surface area contributed by atoms with E-state index in [0.717, 1.165) is 19.3 Å². The van der Waals surface area contributed by atoms with Gasteiger partial charge in [-0.15, -0.1) is 0 Å². The van der Waals surface area contributed by atoms with Crippen LogP contribution in [0.25, 0.3) is 0 Å². The number of carboxylic acids is 1. The van der Waals surface area contributed by atoms with E-state index in [4.69, 9.17) is 24.0 Å². The normalized spacial score (nSPS) is 37.2. The van der Waals surface area contributed by atoms with Gasteiger partial charge in [0.15, 0.2) is 11.9 Å². The molecule has 4 saturated heterocycles. The highest BCUT2D eigenvalue weighted by molar-refractivity contribution is 5.84. The lowest BCUT2D eigenvalue weighted by Gasteiger charge is -2.59. The molecular formula is C29H46N2O10. The van der Waals surface area contributed by atoms with E-state index in [1.54, 1.807) is 6.92 Å². The molecule has 0 aromatic rings. The van der Waals surface area contributed by atoms with Gasteiger partial charge in [-0.1, -0.05) is 34.1 Å². The van der Waals surface area contributed by atoms with Gasteiger partial charge >= 0.3 is 11.9 Å². The van der Waals surface area contributed by atoms with Crippen molar-refractivity contribution >= 4 is 23.8 Å². The summed E-state index contributed by atoms with van der Waals surface area (Å²) in [5.74, 6) is -2.93. The number of rotatable bonds is 12. The highest BCUT2D eigenvalue weighted by Crippen LogP contribution is 2.60. The van der Waals surface area contributed by atoms with Gasteiger partial charge in [-0.3, -0.25) is 14.4 Å². The van der Waals surface area contributed by atoms with E-state index in [1.165, 1.54) is 0 Å². The Hall–Kier alpha value is -2.28. The van der Waals surface area contributed by atoms with E-state index in [9.17, 15) is 24.3 Å². The van der Waals surface area contributed by atoms with Crippen LogP contribution in [-0.4, -0.2) is 65.4 Å². The third-order valence-electron chi connectivity index (χ3n) is 9.60. The first kappa shape index (κ1) is 31.7. The summed E-state index contributed by atoms with van der Waals surface area (Å²) in [6.45, 7) is 9.93. The average molecular weight is 583 g/mol. The molecule has 5 rings (SSSR count). The second-order valence-electron chi connectivity index (χ2n) is 12.5. The van der Waals surface area contributed by atoms with E-state index < -0.39 is 41.9 Å². The minimum absolute atomic E-state index is 0.0272. The van der Waals surface area contributed by atoms with Crippen molar-refractivity contribution in [3.05, 3.63) is 0 Å². The minimum Gasteiger partial charge on any atom is -0.480 e. The first-order chi connectivity index (χ1) is 19.4. The van der Waals surface area contributed by atoms with E-state index in [2.05, 4.69) is 17.6 Å². The van der Waals surface area contributed by atoms with Crippen LogP contribution in [0, 0.1) is 29.6 Å². The van der Waals surface area contributed by atoms with Crippen LogP contribution in [0.3, 0.4) is 0 Å². The van der Waals surface area contributed by atoms with Gasteiger partial charge in [-0.2, -0.15) is 0 Å². The smallest absolute Gasteiger partial charge is 0.326 e. The van der Waals surface area contributed by atoms with E-state index in [1.807, 2.05) is 20.8 Å². The van der Waals surface area contributed by atoms with Crippen LogP contribution in [0.5, 0.6) is 0 Å². The first-order valence-corrected chi connectivity index (χ1v) is 15.1. The lowest BCUT2D eigenvalue weighted by atomic mass is 9.58. The molecule has 10 atom stereocenters. The van der Waals surface area contributed by atoms with Crippen molar-refractivity contribution in [1.82, 2.24) is 10.6 Å². The Morgan fingerprint density at radius 2 is 1.78 bits per heavy atom. The molecule has 12 nitrogen and oxygen atoms in total. The summed E-state index contributed by atoms with van der Waals surface area (Å²) in [5.41, 5.74) is -0.741. The number of hydrogen-bond donors (Lipinski definition) is 3. The fourth-order valence-corrected chi connectivity index (χ4v) is 6.90. The molecule has 12 heteroatoms. The summed E-state index contributed by atoms with van der Waals surface area (Å²) in [6.07, 6.45) is 2.84. The number of carbonyl (C=O) groups excluding carboxylic acids is 3. The second-order valence-corrected chi connectivity index (χ2v) is 12.5. The molecule has 0 aromatic heterocycles. The summed E-state index contributed by atoms with van der Waals surface area (Å²) in [4.78, 5) is 60.4. The molecule has 4 aliphatic heterocycles. The van der Waals surface area contributed by atoms with Crippen LogP contribution in [0.4, 0.5) is 0 Å². The zero-order chi connectivity index (χ0) is 29.9. The Labute approximate surface area is 241 Å². The maximum Gasteiger partial charge on any atom is 0.326 e. The van der Waals surface area contributed by atoms with Crippen molar-refractivity contribution in [2.45, 2.75) is 122 Å². The van der Waals surface area contributed by atoms with Crippen molar-refractivity contribution in [3.63, 3.8) is 0 Å². The quantitative estimate of drug-likeness (QED) is 0.177. The van der Waals surface area contributed by atoms with Crippen molar-refractivity contribution in [1.29, 1.82) is 0 Å². The topological polar surface area (TPSA) is 159 Å². The van der Waals surface area contributed by atoms with Crippen molar-refractivity contribution in [2.75, 3.05) is 6.54 Å². The highest BCUT2D eigenvalue weighted by atomic mass is 17.3. The Kier molecular flexibility index (Phi) is 9.98. The zero-order valence-electron chi connectivity index (χ0n) is 24.8. The monoisotopic (exact) mass is 582 g/mol. The van der Waals surface area contributed by atoms with E-state index >= 15 is 0 Å². The molecule has 2 bridgehead atoms. The van der Waals surface area contributed by atoms with Crippen LogP contribution >= 0.6 is 0 Å². The van der Waals surface area contributed by atoms with Gasteiger partial charge < -0.3 is 30.0 Å². The predicted molar refractivity (Wildman–Crippen MR) is 143 cm³/mol. The Balaban J connectivity index is 1.21. The van der Waals surface area contributed by atoms with Crippen LogP contribution in [0.1, 0.15) is 92.4 Å². The summed E-state index contributed by atoms with van der Waals surface area (Å²) in [7, 11) is 0. The number of fused-ring (bicyclic) bond motifs is 2. The van der Waals surface area contributed by atoms with Gasteiger partial charge in [-0.25, -0.2) is 14.6 Å². The number of carbonyl (C=O) groups is 4. The molecule has 1 saturated carbocycles. The van der Waals surface area contributed by atoms with Crippen molar-refractivity contribution in [2.24, 2.45) is 29.6 Å². The molecule has 1 spiro atoms. The lowest BCUT2D eigenvalue weighted by Crippen LogP contribution is -2.70. The van der Waals surface area contributed by atoms with Gasteiger partial charge in [0.1, 0.15) is 6.04 Å². The maximum absolute atomic E-state index is 12.7. The molecule has 2 amide bonds. The fraction of sp³-hybridized carbons (Fsp3) is 0.862. The van der Waals surface area contributed by atoms with Crippen LogP contribution in [0.2, 0.25) is 0 Å². The number of ether oxygens (including phenoxy) is 3. The third kappa shape index (κ3) is 6.71. The maximum atomic E-state index is 12.7. The molecule has 1 aliphatic carbocycles. The SMILES string of the molecule is CC[C@H](C)[C@H](NC(=O)CCCNC(=O)CCC(=O)O[C@@H]1O[C@H]2O[C@@]3(C)CC[C@H]4[C@H](C)CC[C@@H]([C@@H]1C)[C@@]24OO3)C(=O)O. The Morgan fingerprint density at radius 1 is 1.02 bits per heavy atom. The van der Waals surface area contributed by atoms with Crippen LogP contribution in [-0.2, 0) is 43.2 Å². The molecule has 0 unspecified atom stereocenters. The molecule has 0 radical (unpaired) electrons. The number of esters is 1. The molecule has 41 heavy (non-hydrogen) atoms. The molecule has 4 heterocycles.